The molecule has 0 aromatic carbocycles. The van der Waals surface area contributed by atoms with E-state index < -0.39 is 0 Å². The summed E-state index contributed by atoms with van der Waals surface area (Å²) in [6.45, 7) is 3.73. The fourth-order valence-electron chi connectivity index (χ4n) is 3.03. The third kappa shape index (κ3) is 2.53. The van der Waals surface area contributed by atoms with Gasteiger partial charge in [-0.1, -0.05) is 0 Å². The quantitative estimate of drug-likeness (QED) is 0.788. The van der Waals surface area contributed by atoms with E-state index in [-0.39, 0.29) is 11.5 Å². The summed E-state index contributed by atoms with van der Waals surface area (Å²) in [4.78, 5) is 15.5. The van der Waals surface area contributed by atoms with Crippen LogP contribution in [0.2, 0.25) is 5.28 Å². The lowest BCUT2D eigenvalue weighted by molar-refractivity contribution is -0.0298. The van der Waals surface area contributed by atoms with E-state index in [0.29, 0.717) is 13.2 Å². The van der Waals surface area contributed by atoms with Crippen molar-refractivity contribution in [1.82, 2.24) is 19.5 Å². The highest BCUT2D eigenvalue weighted by Gasteiger charge is 2.23. The molecule has 0 N–H and O–H groups in total. The van der Waals surface area contributed by atoms with Gasteiger partial charge >= 0.3 is 0 Å². The molecule has 8 heteroatoms. The van der Waals surface area contributed by atoms with Crippen LogP contribution >= 0.6 is 11.6 Å². The highest BCUT2D eigenvalue weighted by molar-refractivity contribution is 6.28. The Morgan fingerprint density at radius 3 is 2.77 bits per heavy atom. The summed E-state index contributed by atoms with van der Waals surface area (Å²) in [6.07, 6.45) is 5.01. The lowest BCUT2D eigenvalue weighted by Gasteiger charge is -2.28. The summed E-state index contributed by atoms with van der Waals surface area (Å²) in [5.41, 5.74) is 1.52. The van der Waals surface area contributed by atoms with Crippen LogP contribution in [0.4, 0.5) is 5.82 Å². The van der Waals surface area contributed by atoms with Gasteiger partial charge in [0, 0.05) is 19.7 Å². The van der Waals surface area contributed by atoms with Gasteiger partial charge in [-0.25, -0.2) is 4.98 Å². The van der Waals surface area contributed by atoms with Gasteiger partial charge in [0.2, 0.25) is 5.28 Å². The molecule has 2 aliphatic heterocycles. The Bertz CT molecular complexity index is 665. The lowest BCUT2D eigenvalue weighted by atomic mass is 10.2. The second-order valence-electron chi connectivity index (χ2n) is 5.56. The van der Waals surface area contributed by atoms with Gasteiger partial charge in [0.1, 0.15) is 6.23 Å². The smallest absolute Gasteiger partial charge is 0.226 e. The first-order valence-electron chi connectivity index (χ1n) is 7.67. The van der Waals surface area contributed by atoms with Crippen molar-refractivity contribution in [3.63, 3.8) is 0 Å². The van der Waals surface area contributed by atoms with Crippen LogP contribution in [-0.2, 0) is 9.47 Å². The average molecular weight is 324 g/mol. The maximum atomic E-state index is 6.15. The zero-order chi connectivity index (χ0) is 14.9. The number of ether oxygens (including phenoxy) is 2. The van der Waals surface area contributed by atoms with E-state index in [9.17, 15) is 0 Å². The molecule has 2 aromatic heterocycles. The van der Waals surface area contributed by atoms with Crippen molar-refractivity contribution in [3.05, 3.63) is 11.6 Å². The summed E-state index contributed by atoms with van der Waals surface area (Å²) in [5.74, 6) is 0.785. The van der Waals surface area contributed by atoms with E-state index in [1.807, 2.05) is 4.57 Å². The lowest BCUT2D eigenvalue weighted by Crippen LogP contribution is -2.37. The van der Waals surface area contributed by atoms with E-state index in [1.165, 1.54) is 0 Å². The molecular weight excluding hydrogens is 306 g/mol. The molecule has 4 rings (SSSR count). The van der Waals surface area contributed by atoms with Crippen LogP contribution in [0.5, 0.6) is 0 Å². The summed E-state index contributed by atoms with van der Waals surface area (Å²) >= 11 is 6.15. The van der Waals surface area contributed by atoms with Crippen LogP contribution in [0.3, 0.4) is 0 Å². The van der Waals surface area contributed by atoms with Gasteiger partial charge in [0.15, 0.2) is 17.0 Å². The maximum Gasteiger partial charge on any atom is 0.226 e. The summed E-state index contributed by atoms with van der Waals surface area (Å²) in [5, 5.41) is 0.242. The third-order valence-electron chi connectivity index (χ3n) is 4.15. The summed E-state index contributed by atoms with van der Waals surface area (Å²) in [6, 6.07) is 0. The number of aromatic nitrogens is 4. The predicted octanol–water partition coefficient (Wildman–Crippen LogP) is 2.02. The molecule has 4 heterocycles. The van der Waals surface area contributed by atoms with Crippen LogP contribution in [0.1, 0.15) is 25.5 Å². The monoisotopic (exact) mass is 323 g/mol. The highest BCUT2D eigenvalue weighted by Crippen LogP contribution is 2.30. The Morgan fingerprint density at radius 1 is 1.14 bits per heavy atom. The number of fused-ring (bicyclic) bond motifs is 1. The Balaban J connectivity index is 1.76. The van der Waals surface area contributed by atoms with E-state index in [1.54, 1.807) is 6.33 Å². The molecule has 0 saturated carbocycles. The van der Waals surface area contributed by atoms with Crippen molar-refractivity contribution >= 4 is 28.6 Å². The Kier molecular flexibility index (Phi) is 3.85. The molecule has 1 atom stereocenters. The molecule has 2 fully saturated rings. The number of anilines is 1. The first-order chi connectivity index (χ1) is 10.8. The Labute approximate surface area is 133 Å². The van der Waals surface area contributed by atoms with Gasteiger partial charge < -0.3 is 14.4 Å². The van der Waals surface area contributed by atoms with E-state index in [2.05, 4.69) is 19.9 Å². The molecule has 118 valence electrons. The molecule has 2 saturated heterocycles. The molecule has 0 aliphatic carbocycles. The molecule has 7 nitrogen and oxygen atoms in total. The second-order valence-corrected chi connectivity index (χ2v) is 5.90. The molecule has 0 amide bonds. The van der Waals surface area contributed by atoms with Gasteiger partial charge in [0.25, 0.3) is 0 Å². The Hall–Kier alpha value is -1.44. The number of hydrogen-bond acceptors (Lipinski definition) is 6. The zero-order valence-electron chi connectivity index (χ0n) is 12.2. The molecule has 22 heavy (non-hydrogen) atoms. The van der Waals surface area contributed by atoms with Crippen molar-refractivity contribution < 1.29 is 9.47 Å². The standard InChI is InChI=1S/C14H18ClN5O2/c15-14-17-12(19-4-7-21-8-5-19)11-13(18-14)20(9-16-11)10-3-1-2-6-22-10/h9-10H,1-8H2/t10-/m0/s1. The molecule has 0 unspecified atom stereocenters. The number of imidazole rings is 1. The maximum absolute atomic E-state index is 6.15. The number of rotatable bonds is 2. The third-order valence-corrected chi connectivity index (χ3v) is 4.32. The first kappa shape index (κ1) is 14.2. The van der Waals surface area contributed by atoms with Crippen molar-refractivity contribution in [2.45, 2.75) is 25.5 Å². The average Bonchev–Trinajstić information content (AvgIpc) is 2.99. The molecule has 0 spiro atoms. The van der Waals surface area contributed by atoms with Gasteiger partial charge in [-0.05, 0) is 30.9 Å². The van der Waals surface area contributed by atoms with E-state index >= 15 is 0 Å². The second kappa shape index (κ2) is 5.98. The highest BCUT2D eigenvalue weighted by atomic mass is 35.5. The number of halogens is 1. The van der Waals surface area contributed by atoms with Gasteiger partial charge in [0.05, 0.1) is 19.5 Å². The van der Waals surface area contributed by atoms with Gasteiger partial charge in [-0.3, -0.25) is 4.57 Å². The van der Waals surface area contributed by atoms with Crippen LogP contribution in [0.25, 0.3) is 11.2 Å². The van der Waals surface area contributed by atoms with Crippen LogP contribution in [-0.4, -0.2) is 52.4 Å². The predicted molar refractivity (Wildman–Crippen MR) is 82.2 cm³/mol. The zero-order valence-corrected chi connectivity index (χ0v) is 13.0. The van der Waals surface area contributed by atoms with Gasteiger partial charge in [-0.15, -0.1) is 0 Å². The summed E-state index contributed by atoms with van der Waals surface area (Å²) < 4.78 is 13.2. The van der Waals surface area contributed by atoms with E-state index in [0.717, 1.165) is 55.9 Å². The Morgan fingerprint density at radius 2 is 2.00 bits per heavy atom. The minimum absolute atomic E-state index is 0.0118. The van der Waals surface area contributed by atoms with Crippen molar-refractivity contribution in [1.29, 1.82) is 0 Å². The molecule has 0 bridgehead atoms. The van der Waals surface area contributed by atoms with Crippen LogP contribution in [0.15, 0.2) is 6.33 Å². The molecule has 2 aliphatic rings. The van der Waals surface area contributed by atoms with Gasteiger partial charge in [-0.2, -0.15) is 9.97 Å². The molecule has 0 radical (unpaired) electrons. The normalized spacial score (nSPS) is 23.1. The van der Waals surface area contributed by atoms with Crippen molar-refractivity contribution in [3.8, 4) is 0 Å². The minimum atomic E-state index is -0.0118. The largest absolute Gasteiger partial charge is 0.378 e. The number of nitrogens with zero attached hydrogens (tertiary/aromatic N) is 5. The topological polar surface area (TPSA) is 65.3 Å². The van der Waals surface area contributed by atoms with Crippen molar-refractivity contribution in [2.24, 2.45) is 0 Å². The fraction of sp³-hybridized carbons (Fsp3) is 0.643. The first-order valence-corrected chi connectivity index (χ1v) is 8.05. The molecular formula is C14H18ClN5O2. The van der Waals surface area contributed by atoms with Crippen molar-refractivity contribution in [2.75, 3.05) is 37.8 Å². The minimum Gasteiger partial charge on any atom is -0.378 e. The number of morpholine rings is 1. The molecule has 2 aromatic rings. The number of hydrogen-bond donors (Lipinski definition) is 0. The van der Waals surface area contributed by atoms with Crippen LogP contribution < -0.4 is 4.90 Å². The van der Waals surface area contributed by atoms with E-state index in [4.69, 9.17) is 21.1 Å². The fourth-order valence-corrected chi connectivity index (χ4v) is 3.19. The van der Waals surface area contributed by atoms with Crippen LogP contribution in [0, 0.1) is 0 Å². The SMILES string of the molecule is Clc1nc(N2CCOCC2)c2ncn([C@@H]3CCCCO3)c2n1. The summed E-state index contributed by atoms with van der Waals surface area (Å²) in [7, 11) is 0.